The summed E-state index contributed by atoms with van der Waals surface area (Å²) in [7, 11) is 0. The van der Waals surface area contributed by atoms with Crippen LogP contribution < -0.4 is 10.6 Å². The second-order valence-corrected chi connectivity index (χ2v) is 8.82. The van der Waals surface area contributed by atoms with Gasteiger partial charge in [-0.3, -0.25) is 14.5 Å². The van der Waals surface area contributed by atoms with Gasteiger partial charge in [0.15, 0.2) is 0 Å². The highest BCUT2D eigenvalue weighted by molar-refractivity contribution is 5.87. The van der Waals surface area contributed by atoms with Crippen molar-refractivity contribution in [2.45, 2.75) is 56.2 Å². The number of aromatic nitrogens is 1. The number of para-hydroxylation sites is 1. The summed E-state index contributed by atoms with van der Waals surface area (Å²) in [5.74, 6) is 1.08. The van der Waals surface area contributed by atoms with E-state index >= 15 is 0 Å². The van der Waals surface area contributed by atoms with E-state index in [4.69, 9.17) is 19.6 Å². The number of carboxylic acid groups (broad SMARTS) is 1. The quantitative estimate of drug-likeness (QED) is 0.614. The molecule has 3 N–H and O–H groups in total. The smallest absolute Gasteiger partial charge is 0.290 e. The summed E-state index contributed by atoms with van der Waals surface area (Å²) in [6.45, 7) is 3.10. The van der Waals surface area contributed by atoms with Crippen molar-refractivity contribution in [3.8, 4) is 0 Å². The van der Waals surface area contributed by atoms with Gasteiger partial charge in [0, 0.05) is 31.1 Å². The number of rotatable bonds is 5. The molecule has 5 rings (SSSR count). The minimum atomic E-state index is -0.384. The molecule has 0 unspecified atom stereocenters. The van der Waals surface area contributed by atoms with Crippen LogP contribution in [0.4, 0.5) is 5.82 Å². The average molecular weight is 441 g/mol. The van der Waals surface area contributed by atoms with Gasteiger partial charge in [-0.05, 0) is 63.3 Å². The fraction of sp³-hybridized carbons (Fsp3) is 0.542. The third-order valence-electron chi connectivity index (χ3n) is 6.79. The summed E-state index contributed by atoms with van der Waals surface area (Å²) in [5, 5.41) is 14.9. The zero-order valence-corrected chi connectivity index (χ0v) is 18.3. The molecule has 2 aromatic rings. The molecule has 3 aliphatic rings. The first kappa shape index (κ1) is 22.5. The predicted octanol–water partition coefficient (Wildman–Crippen LogP) is 2.64. The first-order valence-corrected chi connectivity index (χ1v) is 11.5. The second-order valence-electron chi connectivity index (χ2n) is 8.82. The zero-order chi connectivity index (χ0) is 22.4. The number of carbonyl (C=O) groups excluding carboxylic acids is 1. The molecular formula is C24H32N4O4. The van der Waals surface area contributed by atoms with Crippen molar-refractivity contribution in [3.63, 3.8) is 0 Å². The molecule has 4 heterocycles. The zero-order valence-electron chi connectivity index (χ0n) is 18.3. The van der Waals surface area contributed by atoms with Crippen LogP contribution in [0.3, 0.4) is 0 Å². The normalized spacial score (nSPS) is 27.2. The van der Waals surface area contributed by atoms with Gasteiger partial charge in [-0.25, -0.2) is 4.98 Å². The van der Waals surface area contributed by atoms with E-state index in [0.29, 0.717) is 6.54 Å². The largest absolute Gasteiger partial charge is 0.483 e. The predicted molar refractivity (Wildman–Crippen MR) is 123 cm³/mol. The molecule has 0 aliphatic carbocycles. The van der Waals surface area contributed by atoms with Gasteiger partial charge < -0.3 is 20.5 Å². The van der Waals surface area contributed by atoms with Gasteiger partial charge in [0.25, 0.3) is 6.47 Å². The highest BCUT2D eigenvalue weighted by Crippen LogP contribution is 2.39. The molecule has 1 aromatic carbocycles. The van der Waals surface area contributed by atoms with Crippen molar-refractivity contribution in [1.82, 2.24) is 15.2 Å². The number of fused-ring (bicyclic) bond motifs is 2. The lowest BCUT2D eigenvalue weighted by Gasteiger charge is -2.40. The number of ether oxygens (including phenoxy) is 1. The number of piperidine rings is 1. The lowest BCUT2D eigenvalue weighted by molar-refractivity contribution is -0.134. The van der Waals surface area contributed by atoms with Crippen LogP contribution in [-0.2, 0) is 14.3 Å². The molecule has 3 aliphatic heterocycles. The van der Waals surface area contributed by atoms with E-state index in [-0.39, 0.29) is 30.1 Å². The minimum Gasteiger partial charge on any atom is -0.483 e. The lowest BCUT2D eigenvalue weighted by Crippen LogP contribution is -2.58. The molecule has 0 bridgehead atoms. The number of nitrogens with zero attached hydrogens (tertiary/aromatic N) is 2. The Morgan fingerprint density at radius 2 is 2.09 bits per heavy atom. The van der Waals surface area contributed by atoms with Gasteiger partial charge >= 0.3 is 0 Å². The summed E-state index contributed by atoms with van der Waals surface area (Å²) in [4.78, 5) is 28.8. The van der Waals surface area contributed by atoms with Crippen molar-refractivity contribution in [1.29, 1.82) is 0 Å². The monoisotopic (exact) mass is 440 g/mol. The van der Waals surface area contributed by atoms with E-state index in [1.165, 1.54) is 6.42 Å². The molecular weight excluding hydrogens is 408 g/mol. The number of carbonyl (C=O) groups is 2. The molecule has 0 spiro atoms. The van der Waals surface area contributed by atoms with Crippen LogP contribution in [0.25, 0.3) is 10.9 Å². The van der Waals surface area contributed by atoms with Crippen LogP contribution in [-0.4, -0.2) is 71.3 Å². The van der Waals surface area contributed by atoms with Gasteiger partial charge in [0.05, 0.1) is 11.6 Å². The third kappa shape index (κ3) is 4.86. The van der Waals surface area contributed by atoms with Crippen molar-refractivity contribution < 1.29 is 19.4 Å². The topological polar surface area (TPSA) is 104 Å². The summed E-state index contributed by atoms with van der Waals surface area (Å²) < 4.78 is 5.69. The van der Waals surface area contributed by atoms with Crippen molar-refractivity contribution in [2.24, 2.45) is 0 Å². The Bertz CT molecular complexity index is 933. The average Bonchev–Trinajstić information content (AvgIpc) is 3.46. The van der Waals surface area contributed by atoms with E-state index in [1.807, 2.05) is 24.3 Å². The molecule has 1 amide bonds. The third-order valence-corrected chi connectivity index (χ3v) is 6.79. The Labute approximate surface area is 188 Å². The van der Waals surface area contributed by atoms with Crippen LogP contribution in [0.15, 0.2) is 36.4 Å². The van der Waals surface area contributed by atoms with Gasteiger partial charge in [0.1, 0.15) is 11.4 Å². The Morgan fingerprint density at radius 1 is 1.25 bits per heavy atom. The maximum absolute atomic E-state index is 13.3. The fourth-order valence-corrected chi connectivity index (χ4v) is 5.31. The van der Waals surface area contributed by atoms with Crippen LogP contribution >= 0.6 is 0 Å². The second kappa shape index (κ2) is 10.3. The standard InChI is InChI=1S/C23H30N4O2.CH2O2/c28-22(24-15-19-7-5-13-29-19)23-11-3-4-12-27(23)16-18(14-23)25-21-10-9-17-6-1-2-8-20(17)26-21;2-1-3/h1-2,6,8-10,18-19H,3-5,7,11-16H2,(H,24,28)(H,25,26);1H,(H,2,3)/t18-,19-,23-;/m0./s1. The Hall–Kier alpha value is -2.71. The van der Waals surface area contributed by atoms with Gasteiger partial charge in [0.2, 0.25) is 5.91 Å². The molecule has 3 fully saturated rings. The number of hydrogen-bond donors (Lipinski definition) is 3. The molecule has 0 saturated carbocycles. The molecule has 3 saturated heterocycles. The maximum atomic E-state index is 13.3. The number of nitrogens with one attached hydrogen (secondary N) is 2. The van der Waals surface area contributed by atoms with Crippen LogP contribution in [0, 0.1) is 0 Å². The van der Waals surface area contributed by atoms with E-state index in [1.54, 1.807) is 0 Å². The van der Waals surface area contributed by atoms with E-state index in [9.17, 15) is 4.79 Å². The Balaban J connectivity index is 0.000000775. The first-order valence-electron chi connectivity index (χ1n) is 11.5. The van der Waals surface area contributed by atoms with Gasteiger partial charge in [-0.2, -0.15) is 0 Å². The van der Waals surface area contributed by atoms with Crippen LogP contribution in [0.1, 0.15) is 38.5 Å². The lowest BCUT2D eigenvalue weighted by atomic mass is 9.84. The number of amides is 1. The highest BCUT2D eigenvalue weighted by atomic mass is 16.5. The summed E-state index contributed by atoms with van der Waals surface area (Å²) in [6.07, 6.45) is 6.39. The fourth-order valence-electron chi connectivity index (χ4n) is 5.31. The number of pyridine rings is 1. The SMILES string of the molecule is O=C(NC[C@@H]1CCCO1)[C@@]12CCCCN1C[C@@H](Nc1ccc3ccccc3n1)C2.O=CO. The highest BCUT2D eigenvalue weighted by Gasteiger charge is 2.52. The van der Waals surface area contributed by atoms with E-state index < -0.39 is 0 Å². The van der Waals surface area contributed by atoms with Crippen LogP contribution in [0.2, 0.25) is 0 Å². The first-order chi connectivity index (χ1) is 15.6. The Kier molecular flexibility index (Phi) is 7.22. The van der Waals surface area contributed by atoms with Crippen molar-refractivity contribution in [3.05, 3.63) is 36.4 Å². The summed E-state index contributed by atoms with van der Waals surface area (Å²) in [6, 6.07) is 12.6. The number of hydrogen-bond acceptors (Lipinski definition) is 6. The van der Waals surface area contributed by atoms with E-state index in [0.717, 1.165) is 68.5 Å². The molecule has 32 heavy (non-hydrogen) atoms. The van der Waals surface area contributed by atoms with Crippen molar-refractivity contribution in [2.75, 3.05) is 31.6 Å². The number of benzene rings is 1. The molecule has 8 nitrogen and oxygen atoms in total. The van der Waals surface area contributed by atoms with Crippen LogP contribution in [0.5, 0.6) is 0 Å². The van der Waals surface area contributed by atoms with Gasteiger partial charge in [-0.15, -0.1) is 0 Å². The minimum absolute atomic E-state index is 0.184. The molecule has 8 heteroatoms. The molecule has 172 valence electrons. The van der Waals surface area contributed by atoms with Crippen molar-refractivity contribution >= 4 is 29.1 Å². The maximum Gasteiger partial charge on any atom is 0.290 e. The molecule has 1 aromatic heterocycles. The summed E-state index contributed by atoms with van der Waals surface area (Å²) >= 11 is 0. The van der Waals surface area contributed by atoms with Gasteiger partial charge in [-0.1, -0.05) is 18.2 Å². The molecule has 0 radical (unpaired) electrons. The Morgan fingerprint density at radius 3 is 2.91 bits per heavy atom. The molecule has 3 atom stereocenters. The summed E-state index contributed by atoms with van der Waals surface area (Å²) in [5.41, 5.74) is 0.614. The van der Waals surface area contributed by atoms with E-state index in [2.05, 4.69) is 27.7 Å². The number of anilines is 1.